The molecule has 134 valence electrons. The van der Waals surface area contributed by atoms with Gasteiger partial charge in [0.1, 0.15) is 11.5 Å². The lowest BCUT2D eigenvalue weighted by molar-refractivity contribution is -0.135. The fourth-order valence-electron chi connectivity index (χ4n) is 2.15. The molecule has 0 spiro atoms. The fourth-order valence-corrected chi connectivity index (χ4v) is 2.82. The van der Waals surface area contributed by atoms with Crippen LogP contribution >= 0.6 is 11.3 Å². The van der Waals surface area contributed by atoms with Gasteiger partial charge in [-0.05, 0) is 53.1 Å². The largest absolute Gasteiger partial charge is 0.493 e. The van der Waals surface area contributed by atoms with Crippen LogP contribution in [0.3, 0.4) is 0 Å². The van der Waals surface area contributed by atoms with Gasteiger partial charge in [0.15, 0.2) is 17.3 Å². The molecule has 0 radical (unpaired) electrons. The number of esters is 1. The summed E-state index contributed by atoms with van der Waals surface area (Å²) in [5.74, 6) is -0.487. The van der Waals surface area contributed by atoms with Crippen LogP contribution in [0.5, 0.6) is 11.5 Å². The quantitative estimate of drug-likeness (QED) is 0.364. The lowest BCUT2D eigenvalue weighted by atomic mass is 10.1. The Hall–Kier alpha value is -3.27. The van der Waals surface area contributed by atoms with E-state index in [2.05, 4.69) is 10.4 Å². The number of thiophene rings is 1. The average molecular weight is 374 g/mol. The predicted molar refractivity (Wildman–Crippen MR) is 92.1 cm³/mol. The number of tetrazole rings is 1. The summed E-state index contributed by atoms with van der Waals surface area (Å²) in [5.41, 5.74) is -0.125. The number of carbonyl (C=O) groups excluding carboxylic acids is 2. The first-order chi connectivity index (χ1) is 12.5. The number of hydrogen-bond acceptors (Lipinski definition) is 8. The van der Waals surface area contributed by atoms with Gasteiger partial charge in [0.05, 0.1) is 7.11 Å². The average Bonchev–Trinajstić information content (AvgIpc) is 3.25. The predicted octanol–water partition coefficient (Wildman–Crippen LogP) is 1.31. The van der Waals surface area contributed by atoms with Crippen LogP contribution in [0.1, 0.15) is 17.3 Å². The number of Topliss-reactive ketones (excluding diaryl/α,β-unsaturated/α-hetero) is 1. The monoisotopic (exact) mass is 374 g/mol. The Morgan fingerprint density at radius 1 is 1.19 bits per heavy atom. The Kier molecular flexibility index (Phi) is 4.94. The van der Waals surface area contributed by atoms with Crippen molar-refractivity contribution in [3.05, 3.63) is 51.8 Å². The van der Waals surface area contributed by atoms with Crippen LogP contribution in [0.4, 0.5) is 0 Å². The Bertz CT molecular complexity index is 1010. The molecule has 1 aromatic carbocycles. The van der Waals surface area contributed by atoms with Gasteiger partial charge in [0, 0.05) is 5.56 Å². The van der Waals surface area contributed by atoms with Gasteiger partial charge in [0.2, 0.25) is 0 Å². The number of carbonyl (C=O) groups is 2. The standard InChI is InChI=1S/C16H14N4O5S/c1-10(21)11-5-6-12(13(8-11)24-2)25-15(22)9-19-16(23)20(18-17-19)14-4-3-7-26-14/h3-8H,9H2,1-2H3. The second kappa shape index (κ2) is 7.31. The molecule has 0 unspecified atom stereocenters. The van der Waals surface area contributed by atoms with Crippen molar-refractivity contribution in [2.75, 3.05) is 7.11 Å². The summed E-state index contributed by atoms with van der Waals surface area (Å²) in [5, 5.41) is 9.81. The summed E-state index contributed by atoms with van der Waals surface area (Å²) in [4.78, 5) is 35.8. The Morgan fingerprint density at radius 2 is 2.00 bits per heavy atom. The van der Waals surface area contributed by atoms with Gasteiger partial charge in [0.25, 0.3) is 0 Å². The number of ether oxygens (including phenoxy) is 2. The number of benzene rings is 1. The highest BCUT2D eigenvalue weighted by atomic mass is 32.1. The summed E-state index contributed by atoms with van der Waals surface area (Å²) >= 11 is 1.32. The normalized spacial score (nSPS) is 10.5. The maximum atomic E-state index is 12.2. The van der Waals surface area contributed by atoms with Crippen molar-refractivity contribution < 1.29 is 19.1 Å². The van der Waals surface area contributed by atoms with E-state index in [0.717, 1.165) is 9.36 Å². The van der Waals surface area contributed by atoms with Crippen molar-refractivity contribution in [1.29, 1.82) is 0 Å². The number of hydrogen-bond donors (Lipinski definition) is 0. The molecule has 9 nitrogen and oxygen atoms in total. The van der Waals surface area contributed by atoms with Crippen LogP contribution < -0.4 is 15.2 Å². The van der Waals surface area contributed by atoms with Gasteiger partial charge < -0.3 is 9.47 Å². The molecule has 26 heavy (non-hydrogen) atoms. The van der Waals surface area contributed by atoms with Gasteiger partial charge in [-0.2, -0.15) is 9.36 Å². The van der Waals surface area contributed by atoms with E-state index in [1.807, 2.05) is 0 Å². The third-order valence-corrected chi connectivity index (χ3v) is 4.27. The van der Waals surface area contributed by atoms with E-state index in [0.29, 0.717) is 10.6 Å². The van der Waals surface area contributed by atoms with Gasteiger partial charge in [-0.25, -0.2) is 9.59 Å². The topological polar surface area (TPSA) is 105 Å². The summed E-state index contributed by atoms with van der Waals surface area (Å²) in [6.45, 7) is 1.01. The molecular formula is C16H14N4O5S. The minimum absolute atomic E-state index is 0.140. The van der Waals surface area contributed by atoms with Gasteiger partial charge in [-0.15, -0.1) is 11.3 Å². The zero-order valence-electron chi connectivity index (χ0n) is 13.9. The van der Waals surface area contributed by atoms with Crippen LogP contribution in [0.2, 0.25) is 0 Å². The van der Waals surface area contributed by atoms with Crippen LogP contribution in [0, 0.1) is 0 Å². The van der Waals surface area contributed by atoms with Crippen molar-refractivity contribution >= 4 is 23.1 Å². The summed E-state index contributed by atoms with van der Waals surface area (Å²) in [6, 6.07) is 7.94. The van der Waals surface area contributed by atoms with E-state index in [1.54, 1.807) is 17.5 Å². The first-order valence-electron chi connectivity index (χ1n) is 7.46. The third-order valence-electron chi connectivity index (χ3n) is 3.43. The molecule has 3 rings (SSSR count). The molecule has 2 aromatic heterocycles. The second-order valence-corrected chi connectivity index (χ2v) is 6.10. The van der Waals surface area contributed by atoms with E-state index < -0.39 is 18.2 Å². The summed E-state index contributed by atoms with van der Waals surface area (Å²) in [6.07, 6.45) is 0. The number of aromatic nitrogens is 4. The molecule has 3 aromatic rings. The maximum Gasteiger partial charge on any atom is 0.369 e. The number of methoxy groups -OCH3 is 1. The molecule has 2 heterocycles. The molecule has 0 atom stereocenters. The molecule has 0 N–H and O–H groups in total. The highest BCUT2D eigenvalue weighted by molar-refractivity contribution is 7.12. The minimum Gasteiger partial charge on any atom is -0.493 e. The zero-order chi connectivity index (χ0) is 18.7. The zero-order valence-corrected chi connectivity index (χ0v) is 14.7. The number of ketones is 1. The van der Waals surface area contributed by atoms with Gasteiger partial charge in [-0.3, -0.25) is 4.79 Å². The molecule has 0 bridgehead atoms. The second-order valence-electron chi connectivity index (χ2n) is 5.18. The molecule has 10 heteroatoms. The van der Waals surface area contributed by atoms with E-state index >= 15 is 0 Å². The van der Waals surface area contributed by atoms with Crippen molar-refractivity contribution in [3.8, 4) is 16.5 Å². The van der Waals surface area contributed by atoms with Crippen molar-refractivity contribution in [1.82, 2.24) is 19.8 Å². The summed E-state index contributed by atoms with van der Waals surface area (Å²) < 4.78 is 12.4. The molecule has 0 aliphatic carbocycles. The highest BCUT2D eigenvalue weighted by Crippen LogP contribution is 2.28. The van der Waals surface area contributed by atoms with E-state index in [9.17, 15) is 14.4 Å². The van der Waals surface area contributed by atoms with Crippen molar-refractivity contribution in [2.24, 2.45) is 0 Å². The molecule has 0 fully saturated rings. The first kappa shape index (κ1) is 17.5. The van der Waals surface area contributed by atoms with E-state index in [4.69, 9.17) is 9.47 Å². The van der Waals surface area contributed by atoms with Crippen molar-refractivity contribution in [2.45, 2.75) is 13.5 Å². The smallest absolute Gasteiger partial charge is 0.369 e. The van der Waals surface area contributed by atoms with Crippen LogP contribution in [-0.4, -0.2) is 38.7 Å². The molecular weight excluding hydrogens is 360 g/mol. The molecule has 0 saturated carbocycles. The summed E-state index contributed by atoms with van der Waals surface area (Å²) in [7, 11) is 1.40. The fraction of sp³-hybridized carbons (Fsp3) is 0.188. The van der Waals surface area contributed by atoms with Crippen LogP contribution in [-0.2, 0) is 11.3 Å². The van der Waals surface area contributed by atoms with Crippen LogP contribution in [0.25, 0.3) is 5.00 Å². The SMILES string of the molecule is COc1cc(C(C)=O)ccc1OC(=O)Cn1nnn(-c2cccs2)c1=O. The Labute approximate surface area is 151 Å². The highest BCUT2D eigenvalue weighted by Gasteiger charge is 2.16. The maximum absolute atomic E-state index is 12.2. The van der Waals surface area contributed by atoms with Crippen molar-refractivity contribution in [3.63, 3.8) is 0 Å². The number of nitrogens with zero attached hydrogens (tertiary/aromatic N) is 4. The Morgan fingerprint density at radius 3 is 2.65 bits per heavy atom. The molecule has 0 amide bonds. The number of rotatable bonds is 6. The Balaban J connectivity index is 1.76. The lowest BCUT2D eigenvalue weighted by Gasteiger charge is -2.09. The van der Waals surface area contributed by atoms with Crippen LogP contribution in [0.15, 0.2) is 40.5 Å². The minimum atomic E-state index is -0.723. The first-order valence-corrected chi connectivity index (χ1v) is 8.34. The van der Waals surface area contributed by atoms with Gasteiger partial charge in [-0.1, -0.05) is 0 Å². The van der Waals surface area contributed by atoms with Gasteiger partial charge >= 0.3 is 11.7 Å². The molecule has 0 aliphatic rings. The molecule has 0 aliphatic heterocycles. The lowest BCUT2D eigenvalue weighted by Crippen LogP contribution is -2.28. The van der Waals surface area contributed by atoms with E-state index in [-0.39, 0.29) is 17.3 Å². The third kappa shape index (κ3) is 3.54. The molecule has 0 saturated heterocycles. The van der Waals surface area contributed by atoms with E-state index in [1.165, 1.54) is 43.6 Å².